The molecule has 0 saturated carbocycles. The summed E-state index contributed by atoms with van der Waals surface area (Å²) in [5.74, 6) is 0. The van der Waals surface area contributed by atoms with Gasteiger partial charge in [-0.15, -0.1) is 0 Å². The van der Waals surface area contributed by atoms with E-state index in [2.05, 4.69) is 0 Å². The highest BCUT2D eigenvalue weighted by molar-refractivity contribution is 7.60. The van der Waals surface area contributed by atoms with Crippen LogP contribution in [0.4, 0.5) is 0 Å². The van der Waals surface area contributed by atoms with Gasteiger partial charge in [-0.05, 0) is 0 Å². The number of hydrogen-bond donors (Lipinski definition) is 0. The lowest BCUT2D eigenvalue weighted by Crippen LogP contribution is -1.93. The van der Waals surface area contributed by atoms with Crippen molar-refractivity contribution in [3.05, 3.63) is 0 Å². The summed E-state index contributed by atoms with van der Waals surface area (Å²) in [7, 11) is -1.80. The van der Waals surface area contributed by atoms with Crippen LogP contribution in [0.1, 0.15) is 6.92 Å². The molecule has 0 aromatic carbocycles. The maximum Gasteiger partial charge on any atom is 0.147 e. The summed E-state index contributed by atoms with van der Waals surface area (Å²) in [5, 5.41) is 0. The minimum absolute atomic E-state index is 0.826. The Bertz CT molecular complexity index is 130. The molecule has 1 saturated heterocycles. The third-order valence-corrected chi connectivity index (χ3v) is 4.38. The first-order valence-corrected chi connectivity index (χ1v) is 5.28. The smallest absolute Gasteiger partial charge is 0.147 e. The molecule has 1 rings (SSSR count). The largest absolute Gasteiger partial charge is 0.307 e. The molecule has 8 heavy (non-hydrogen) atoms. The Morgan fingerprint density at radius 2 is 2.12 bits per heavy atom. The Kier molecular flexibility index (Phi) is 1.46. The van der Waals surface area contributed by atoms with Crippen LogP contribution >= 0.6 is 7.29 Å². The molecule has 0 radical (unpaired) electrons. The molecule has 1 fully saturated rings. The van der Waals surface area contributed by atoms with Crippen molar-refractivity contribution in [2.24, 2.45) is 0 Å². The third-order valence-electron chi connectivity index (χ3n) is 1.61. The molecule has 0 amide bonds. The predicted octanol–water partition coefficient (Wildman–Crippen LogP) is 1.23. The molecule has 0 spiro atoms. The van der Waals surface area contributed by atoms with Crippen LogP contribution in [0.3, 0.4) is 0 Å². The van der Waals surface area contributed by atoms with Crippen LogP contribution in [0.5, 0.6) is 0 Å². The van der Waals surface area contributed by atoms with Gasteiger partial charge in [-0.25, -0.2) is 0 Å². The van der Waals surface area contributed by atoms with Crippen LogP contribution in [-0.4, -0.2) is 30.6 Å². The van der Waals surface area contributed by atoms with Crippen molar-refractivity contribution in [3.8, 4) is 0 Å². The molecule has 2 nitrogen and oxygen atoms in total. The standard InChI is InChI=1S/C5H12NOP/c1-3-8(2,7)6-4-5-6/h3-5H2,1-2H3. The molecular formula is C5H12NOP. The first-order chi connectivity index (χ1) is 3.67. The van der Waals surface area contributed by atoms with Crippen molar-refractivity contribution >= 4 is 7.29 Å². The van der Waals surface area contributed by atoms with Crippen molar-refractivity contribution in [2.75, 3.05) is 25.9 Å². The summed E-state index contributed by atoms with van der Waals surface area (Å²) in [6, 6.07) is 0. The number of rotatable bonds is 2. The van der Waals surface area contributed by atoms with Crippen LogP contribution in [0.2, 0.25) is 0 Å². The average Bonchev–Trinajstić information content (AvgIpc) is 2.44. The predicted molar refractivity (Wildman–Crippen MR) is 35.6 cm³/mol. The van der Waals surface area contributed by atoms with Gasteiger partial charge in [0.15, 0.2) is 0 Å². The minimum Gasteiger partial charge on any atom is -0.307 e. The van der Waals surface area contributed by atoms with Crippen LogP contribution < -0.4 is 0 Å². The van der Waals surface area contributed by atoms with Gasteiger partial charge < -0.3 is 4.57 Å². The van der Waals surface area contributed by atoms with Crippen molar-refractivity contribution in [3.63, 3.8) is 0 Å². The van der Waals surface area contributed by atoms with Gasteiger partial charge in [0.05, 0.1) is 0 Å². The zero-order valence-corrected chi connectivity index (χ0v) is 6.32. The van der Waals surface area contributed by atoms with E-state index in [-0.39, 0.29) is 0 Å². The van der Waals surface area contributed by atoms with Gasteiger partial charge in [-0.2, -0.15) is 0 Å². The lowest BCUT2D eigenvalue weighted by atomic mass is 11.0. The molecule has 0 aromatic rings. The first kappa shape index (κ1) is 6.31. The van der Waals surface area contributed by atoms with Gasteiger partial charge in [0.25, 0.3) is 0 Å². The van der Waals surface area contributed by atoms with Crippen LogP contribution in [0.25, 0.3) is 0 Å². The van der Waals surface area contributed by atoms with E-state index in [4.69, 9.17) is 0 Å². The van der Waals surface area contributed by atoms with Gasteiger partial charge in [0.1, 0.15) is 7.29 Å². The summed E-state index contributed by atoms with van der Waals surface area (Å²) in [4.78, 5) is 0. The van der Waals surface area contributed by atoms with E-state index >= 15 is 0 Å². The van der Waals surface area contributed by atoms with Gasteiger partial charge >= 0.3 is 0 Å². The highest BCUT2D eigenvalue weighted by Gasteiger charge is 2.31. The molecule has 1 unspecified atom stereocenters. The average molecular weight is 133 g/mol. The Morgan fingerprint density at radius 3 is 2.25 bits per heavy atom. The van der Waals surface area contributed by atoms with E-state index in [1.54, 1.807) is 0 Å². The first-order valence-electron chi connectivity index (χ1n) is 2.99. The van der Waals surface area contributed by atoms with E-state index in [0.29, 0.717) is 0 Å². The zero-order chi connectivity index (χ0) is 6.20. The quantitative estimate of drug-likeness (QED) is 0.417. The SMILES string of the molecule is CCP(C)(=O)N1CC1. The third kappa shape index (κ3) is 1.12. The molecular weight excluding hydrogens is 121 g/mol. The molecule has 0 N–H and O–H groups in total. The molecule has 0 bridgehead atoms. The fourth-order valence-electron chi connectivity index (χ4n) is 0.668. The molecule has 0 aromatic heterocycles. The Balaban J connectivity index is 2.50. The Hall–Kier alpha value is 0.190. The van der Waals surface area contributed by atoms with Gasteiger partial charge in [-0.1, -0.05) is 6.92 Å². The number of hydrogen-bond acceptors (Lipinski definition) is 1. The summed E-state index contributed by atoms with van der Waals surface area (Å²) >= 11 is 0. The summed E-state index contributed by atoms with van der Waals surface area (Å²) in [6.45, 7) is 5.96. The van der Waals surface area contributed by atoms with Crippen LogP contribution in [0, 0.1) is 0 Å². The lowest BCUT2D eigenvalue weighted by Gasteiger charge is -2.08. The summed E-state index contributed by atoms with van der Waals surface area (Å²) in [5.41, 5.74) is 0. The molecule has 48 valence electrons. The number of nitrogens with zero attached hydrogens (tertiary/aromatic N) is 1. The highest BCUT2D eigenvalue weighted by atomic mass is 31.2. The van der Waals surface area contributed by atoms with E-state index in [9.17, 15) is 4.57 Å². The molecule has 1 aliphatic rings. The van der Waals surface area contributed by atoms with Gasteiger partial charge in [0.2, 0.25) is 0 Å². The second-order valence-corrected chi connectivity index (χ2v) is 5.62. The fourth-order valence-corrected chi connectivity index (χ4v) is 2.00. The molecule has 1 atom stereocenters. The second-order valence-electron chi connectivity index (χ2n) is 2.32. The van der Waals surface area contributed by atoms with Crippen LogP contribution in [-0.2, 0) is 4.57 Å². The maximum absolute atomic E-state index is 11.3. The van der Waals surface area contributed by atoms with Crippen molar-refractivity contribution in [1.82, 2.24) is 4.67 Å². The molecule has 1 heterocycles. The lowest BCUT2D eigenvalue weighted by molar-refractivity contribution is 0.555. The van der Waals surface area contributed by atoms with Gasteiger partial charge in [-0.3, -0.25) is 4.67 Å². The summed E-state index contributed by atoms with van der Waals surface area (Å²) < 4.78 is 13.3. The van der Waals surface area contributed by atoms with Crippen molar-refractivity contribution in [1.29, 1.82) is 0 Å². The molecule has 3 heteroatoms. The van der Waals surface area contributed by atoms with E-state index < -0.39 is 7.29 Å². The van der Waals surface area contributed by atoms with E-state index in [0.717, 1.165) is 19.3 Å². The van der Waals surface area contributed by atoms with Gasteiger partial charge in [0, 0.05) is 25.9 Å². The zero-order valence-electron chi connectivity index (χ0n) is 5.42. The highest BCUT2D eigenvalue weighted by Crippen LogP contribution is 2.49. The van der Waals surface area contributed by atoms with Crippen molar-refractivity contribution < 1.29 is 4.57 Å². The Morgan fingerprint density at radius 1 is 1.62 bits per heavy atom. The van der Waals surface area contributed by atoms with Crippen molar-refractivity contribution in [2.45, 2.75) is 6.92 Å². The second kappa shape index (κ2) is 1.85. The van der Waals surface area contributed by atoms with E-state index in [1.165, 1.54) is 0 Å². The van der Waals surface area contributed by atoms with Crippen LogP contribution in [0.15, 0.2) is 0 Å². The topological polar surface area (TPSA) is 20.1 Å². The monoisotopic (exact) mass is 133 g/mol. The molecule has 0 aliphatic carbocycles. The fraction of sp³-hybridized carbons (Fsp3) is 1.00. The van der Waals surface area contributed by atoms with E-state index in [1.807, 2.05) is 18.3 Å². The summed E-state index contributed by atoms with van der Waals surface area (Å²) in [6.07, 6.45) is 0.826. The maximum atomic E-state index is 11.3. The molecule has 1 aliphatic heterocycles. The normalized spacial score (nSPS) is 27.2. The minimum atomic E-state index is -1.80. The Labute approximate surface area is 50.3 Å².